The number of aromatic nitrogens is 2. The summed E-state index contributed by atoms with van der Waals surface area (Å²) in [5.41, 5.74) is 13.2. The smallest absolute Gasteiger partial charge is 0.337 e. The van der Waals surface area contributed by atoms with Crippen molar-refractivity contribution in [3.05, 3.63) is 179 Å². The maximum absolute atomic E-state index is 11.9. The fraction of sp³-hybridized carbons (Fsp3) is 0.0250. The Balaban J connectivity index is 1.33. The molecule has 0 N–H and O–H groups in total. The largest absolute Gasteiger partial charge is 0.465 e. The Bertz CT molecular complexity index is 2080. The van der Waals surface area contributed by atoms with E-state index in [1.165, 1.54) is 30.0 Å². The highest BCUT2D eigenvalue weighted by Crippen LogP contribution is 2.39. The summed E-state index contributed by atoms with van der Waals surface area (Å²) in [6.45, 7) is 0. The van der Waals surface area contributed by atoms with Gasteiger partial charge in [0.2, 0.25) is 0 Å². The molecule has 0 saturated heterocycles. The van der Waals surface area contributed by atoms with Crippen LogP contribution in [-0.2, 0) is 4.74 Å². The van der Waals surface area contributed by atoms with Crippen LogP contribution in [0.25, 0.3) is 44.4 Å². The maximum Gasteiger partial charge on any atom is 0.337 e. The van der Waals surface area contributed by atoms with E-state index in [-0.39, 0.29) is 5.97 Å². The van der Waals surface area contributed by atoms with Gasteiger partial charge in [-0.2, -0.15) is 8.75 Å². The summed E-state index contributed by atoms with van der Waals surface area (Å²) in [6.07, 6.45) is 0. The van der Waals surface area contributed by atoms with E-state index in [1.54, 1.807) is 12.1 Å². The van der Waals surface area contributed by atoms with Crippen molar-refractivity contribution < 1.29 is 9.53 Å². The van der Waals surface area contributed by atoms with Crippen LogP contribution in [0.5, 0.6) is 0 Å². The van der Waals surface area contributed by atoms with Crippen LogP contribution >= 0.6 is 11.7 Å². The van der Waals surface area contributed by atoms with Gasteiger partial charge in [0.1, 0.15) is 11.0 Å². The topological polar surface area (TPSA) is 52.1 Å². The van der Waals surface area contributed by atoms with Crippen molar-refractivity contribution in [2.24, 2.45) is 0 Å². The van der Waals surface area contributed by atoms with Gasteiger partial charge in [0.25, 0.3) is 0 Å². The average Bonchev–Trinajstić information content (AvgIpc) is 3.62. The summed E-state index contributed by atoms with van der Waals surface area (Å²) >= 11 is 1.21. The first-order chi connectivity index (χ1) is 22.2. The minimum absolute atomic E-state index is 0.356. The van der Waals surface area contributed by atoms with Crippen molar-refractivity contribution in [2.75, 3.05) is 7.11 Å². The molecule has 45 heavy (non-hydrogen) atoms. The van der Waals surface area contributed by atoms with Crippen molar-refractivity contribution in [1.29, 1.82) is 0 Å². The molecule has 0 atom stereocenters. The molecule has 0 aliphatic carbocycles. The minimum atomic E-state index is -0.356. The Morgan fingerprint density at radius 1 is 0.467 bits per heavy atom. The molecule has 0 saturated carbocycles. The molecule has 0 spiro atoms. The predicted molar refractivity (Wildman–Crippen MR) is 184 cm³/mol. The highest BCUT2D eigenvalue weighted by Gasteiger charge is 2.18. The van der Waals surface area contributed by atoms with E-state index in [1.807, 2.05) is 12.1 Å². The quantitative estimate of drug-likeness (QED) is 0.135. The van der Waals surface area contributed by atoms with E-state index in [4.69, 9.17) is 9.11 Å². The van der Waals surface area contributed by atoms with Gasteiger partial charge in [0.15, 0.2) is 0 Å². The SMILES string of the molecule is COC(=O)c1ccc(-c2ccc(-c3ccc(C(=C(c4ccccc4)c4ccccc4)c4ccccc4)cc3)c3nsnc23)cc1. The standard InChI is InChI=1S/C40H28N2O2S/c1-44-40(43)33-23-19-28(20-24-33)35-26-25-34(38-39(35)42-45-41-38)27-17-21-32(22-18-27)37(31-15-9-4-10-16-31)36(29-11-5-2-6-12-29)30-13-7-3-8-14-30/h2-26H,1H3. The molecule has 5 heteroatoms. The van der Waals surface area contributed by atoms with Gasteiger partial charge in [0.05, 0.1) is 24.4 Å². The van der Waals surface area contributed by atoms with Gasteiger partial charge in [-0.05, 0) is 56.7 Å². The Labute approximate surface area is 266 Å². The molecule has 216 valence electrons. The number of methoxy groups -OCH3 is 1. The lowest BCUT2D eigenvalue weighted by Crippen LogP contribution is -2.00. The molecule has 0 unspecified atom stereocenters. The van der Waals surface area contributed by atoms with Gasteiger partial charge in [0, 0.05) is 11.1 Å². The summed E-state index contributed by atoms with van der Waals surface area (Å²) in [5.74, 6) is -0.356. The van der Waals surface area contributed by atoms with E-state index in [0.29, 0.717) is 5.56 Å². The van der Waals surface area contributed by atoms with Gasteiger partial charge >= 0.3 is 5.97 Å². The molecule has 0 bridgehead atoms. The summed E-state index contributed by atoms with van der Waals surface area (Å²) in [6, 6.07) is 52.1. The molecule has 0 amide bonds. The fourth-order valence-corrected chi connectivity index (χ4v) is 6.35. The van der Waals surface area contributed by atoms with Crippen LogP contribution in [0.1, 0.15) is 32.6 Å². The van der Waals surface area contributed by atoms with Gasteiger partial charge < -0.3 is 4.74 Å². The molecule has 0 aliphatic heterocycles. The summed E-state index contributed by atoms with van der Waals surface area (Å²) < 4.78 is 14.2. The minimum Gasteiger partial charge on any atom is -0.465 e. The van der Waals surface area contributed by atoms with Gasteiger partial charge in [-0.25, -0.2) is 4.79 Å². The van der Waals surface area contributed by atoms with E-state index in [2.05, 4.69) is 132 Å². The normalized spacial score (nSPS) is 10.9. The number of rotatable bonds is 7. The van der Waals surface area contributed by atoms with Crippen LogP contribution in [0.4, 0.5) is 0 Å². The zero-order valence-corrected chi connectivity index (χ0v) is 25.4. The van der Waals surface area contributed by atoms with Crippen LogP contribution in [-0.4, -0.2) is 21.8 Å². The second kappa shape index (κ2) is 12.5. The molecule has 4 nitrogen and oxygen atoms in total. The van der Waals surface area contributed by atoms with E-state index >= 15 is 0 Å². The van der Waals surface area contributed by atoms with E-state index in [9.17, 15) is 4.79 Å². The lowest BCUT2D eigenvalue weighted by molar-refractivity contribution is 0.0600. The van der Waals surface area contributed by atoms with Gasteiger partial charge in [-0.15, -0.1) is 0 Å². The predicted octanol–water partition coefficient (Wildman–Crippen LogP) is 9.82. The van der Waals surface area contributed by atoms with Crippen LogP contribution in [0.2, 0.25) is 0 Å². The van der Waals surface area contributed by atoms with Crippen LogP contribution in [0.15, 0.2) is 152 Å². The first-order valence-corrected chi connectivity index (χ1v) is 15.4. The Hall–Kier alpha value is -5.65. The van der Waals surface area contributed by atoms with Crippen molar-refractivity contribution in [2.45, 2.75) is 0 Å². The highest BCUT2D eigenvalue weighted by molar-refractivity contribution is 7.00. The number of ether oxygens (including phenoxy) is 1. The Kier molecular flexibility index (Phi) is 7.83. The molecule has 1 aromatic heterocycles. The Morgan fingerprint density at radius 2 is 0.822 bits per heavy atom. The number of esters is 1. The molecule has 7 aromatic rings. The molecule has 0 fully saturated rings. The second-order valence-electron chi connectivity index (χ2n) is 10.6. The third-order valence-corrected chi connectivity index (χ3v) is 8.48. The Morgan fingerprint density at radius 3 is 1.20 bits per heavy atom. The van der Waals surface area contributed by atoms with Crippen molar-refractivity contribution in [3.63, 3.8) is 0 Å². The van der Waals surface area contributed by atoms with Crippen LogP contribution in [0, 0.1) is 0 Å². The molecular weight excluding hydrogens is 573 g/mol. The number of fused-ring (bicyclic) bond motifs is 1. The van der Waals surface area contributed by atoms with Crippen molar-refractivity contribution >= 4 is 39.9 Å². The lowest BCUT2D eigenvalue weighted by Gasteiger charge is -2.18. The average molecular weight is 601 g/mol. The number of hydrogen-bond donors (Lipinski definition) is 0. The summed E-state index contributed by atoms with van der Waals surface area (Å²) in [7, 11) is 1.39. The third-order valence-electron chi connectivity index (χ3n) is 7.95. The molecule has 0 aliphatic rings. The zero-order valence-electron chi connectivity index (χ0n) is 24.6. The van der Waals surface area contributed by atoms with Gasteiger partial charge in [-0.1, -0.05) is 140 Å². The number of carbonyl (C=O) groups excluding carboxylic acids is 1. The van der Waals surface area contributed by atoms with Gasteiger partial charge in [-0.3, -0.25) is 0 Å². The van der Waals surface area contributed by atoms with E-state index in [0.717, 1.165) is 55.5 Å². The molecular formula is C40H28N2O2S. The maximum atomic E-state index is 11.9. The first-order valence-electron chi connectivity index (χ1n) is 14.7. The number of benzene rings is 6. The van der Waals surface area contributed by atoms with Crippen molar-refractivity contribution in [3.8, 4) is 22.3 Å². The molecule has 7 rings (SSSR count). The summed E-state index contributed by atoms with van der Waals surface area (Å²) in [5, 5.41) is 0. The fourth-order valence-electron chi connectivity index (χ4n) is 5.78. The number of nitrogens with zero attached hydrogens (tertiary/aromatic N) is 2. The first kappa shape index (κ1) is 28.1. The highest BCUT2D eigenvalue weighted by atomic mass is 32.1. The molecule has 0 radical (unpaired) electrons. The monoisotopic (exact) mass is 600 g/mol. The molecule has 1 heterocycles. The van der Waals surface area contributed by atoms with Crippen LogP contribution < -0.4 is 0 Å². The second-order valence-corrected chi connectivity index (χ2v) is 11.1. The zero-order chi connectivity index (χ0) is 30.6. The summed E-state index contributed by atoms with van der Waals surface area (Å²) in [4.78, 5) is 11.9. The van der Waals surface area contributed by atoms with Crippen LogP contribution in [0.3, 0.4) is 0 Å². The van der Waals surface area contributed by atoms with Crippen molar-refractivity contribution in [1.82, 2.24) is 8.75 Å². The van der Waals surface area contributed by atoms with E-state index < -0.39 is 0 Å². The molecule has 6 aromatic carbocycles. The third kappa shape index (κ3) is 5.57. The number of hydrogen-bond acceptors (Lipinski definition) is 5. The lowest BCUT2D eigenvalue weighted by atomic mass is 9.85. The number of carbonyl (C=O) groups is 1.